The molecule has 1 atom stereocenters. The normalized spacial score (nSPS) is 18.2. The van der Waals surface area contributed by atoms with E-state index in [0.717, 1.165) is 42.1 Å². The first-order valence-electron chi connectivity index (χ1n) is 7.80. The number of carbonyl (C=O) groups excluding carboxylic acids is 1. The average Bonchev–Trinajstić information content (AvgIpc) is 3.26. The van der Waals surface area contributed by atoms with Crippen LogP contribution in [0, 0.1) is 13.8 Å². The van der Waals surface area contributed by atoms with Gasteiger partial charge < -0.3 is 14.0 Å². The van der Waals surface area contributed by atoms with Crippen LogP contribution in [0.1, 0.15) is 46.3 Å². The Hall–Kier alpha value is -2.57. The van der Waals surface area contributed by atoms with Gasteiger partial charge in [0, 0.05) is 31.5 Å². The van der Waals surface area contributed by atoms with Crippen molar-refractivity contribution in [3.63, 3.8) is 0 Å². The Kier molecular flexibility index (Phi) is 3.04. The van der Waals surface area contributed by atoms with E-state index in [1.807, 2.05) is 42.8 Å². The summed E-state index contributed by atoms with van der Waals surface area (Å²) in [4.78, 5) is 15.0. The molecule has 1 saturated heterocycles. The zero-order valence-electron chi connectivity index (χ0n) is 13.5. The highest BCUT2D eigenvalue weighted by molar-refractivity contribution is 6.00. The first kappa shape index (κ1) is 14.0. The lowest BCUT2D eigenvalue weighted by Gasteiger charge is -2.24. The Labute approximate surface area is 133 Å². The number of nitrogens with zero attached hydrogens (tertiary/aromatic N) is 5. The standard InChI is InChI=1S/C16H19N5O2/c1-10-14(11(2)23-18-10)13-5-4-6-20(13)16(22)12-9-17-21-8-7-19(3)15(12)21/h7-9,13H,4-6H2,1-3H3/t13-/m1/s1. The topological polar surface area (TPSA) is 68.6 Å². The molecular weight excluding hydrogens is 294 g/mol. The summed E-state index contributed by atoms with van der Waals surface area (Å²) >= 11 is 0. The molecule has 1 amide bonds. The van der Waals surface area contributed by atoms with Gasteiger partial charge in [0.15, 0.2) is 0 Å². The first-order valence-corrected chi connectivity index (χ1v) is 7.80. The highest BCUT2D eigenvalue weighted by atomic mass is 16.5. The first-order chi connectivity index (χ1) is 11.1. The number of aryl methyl sites for hydroxylation is 3. The second kappa shape index (κ2) is 4.97. The predicted octanol–water partition coefficient (Wildman–Crippen LogP) is 2.25. The maximum Gasteiger partial charge on any atom is 0.259 e. The van der Waals surface area contributed by atoms with E-state index in [0.29, 0.717) is 5.56 Å². The van der Waals surface area contributed by atoms with Gasteiger partial charge in [-0.3, -0.25) is 4.79 Å². The summed E-state index contributed by atoms with van der Waals surface area (Å²) in [7, 11) is 1.92. The molecule has 7 nitrogen and oxygen atoms in total. The van der Waals surface area contributed by atoms with Crippen molar-refractivity contribution >= 4 is 11.6 Å². The van der Waals surface area contributed by atoms with E-state index in [2.05, 4.69) is 10.3 Å². The minimum atomic E-state index is 0.0179. The number of hydrogen-bond acceptors (Lipinski definition) is 4. The molecule has 1 aliphatic heterocycles. The van der Waals surface area contributed by atoms with Crippen LogP contribution >= 0.6 is 0 Å². The van der Waals surface area contributed by atoms with E-state index in [-0.39, 0.29) is 11.9 Å². The van der Waals surface area contributed by atoms with Gasteiger partial charge in [0.05, 0.1) is 17.9 Å². The van der Waals surface area contributed by atoms with E-state index in [1.165, 1.54) is 0 Å². The summed E-state index contributed by atoms with van der Waals surface area (Å²) in [6.07, 6.45) is 7.32. The molecule has 7 heteroatoms. The molecule has 1 aliphatic rings. The van der Waals surface area contributed by atoms with Crippen LogP contribution < -0.4 is 0 Å². The molecule has 0 unspecified atom stereocenters. The number of likely N-dealkylation sites (tertiary alicyclic amines) is 1. The molecule has 3 aromatic heterocycles. The molecule has 0 bridgehead atoms. The van der Waals surface area contributed by atoms with Crippen LogP contribution in [0.5, 0.6) is 0 Å². The summed E-state index contributed by atoms with van der Waals surface area (Å²) in [6.45, 7) is 4.59. The molecule has 0 spiro atoms. The van der Waals surface area contributed by atoms with Crippen LogP contribution in [-0.2, 0) is 7.05 Å². The molecule has 23 heavy (non-hydrogen) atoms. The third kappa shape index (κ3) is 1.99. The molecule has 0 aliphatic carbocycles. The number of carbonyl (C=O) groups is 1. The lowest BCUT2D eigenvalue weighted by atomic mass is 10.0. The lowest BCUT2D eigenvalue weighted by molar-refractivity contribution is 0.0736. The highest BCUT2D eigenvalue weighted by Crippen LogP contribution is 2.36. The third-order valence-corrected chi connectivity index (χ3v) is 4.70. The summed E-state index contributed by atoms with van der Waals surface area (Å²) in [5.41, 5.74) is 3.37. The molecule has 3 aromatic rings. The van der Waals surface area contributed by atoms with Gasteiger partial charge in [-0.2, -0.15) is 5.10 Å². The number of imidazole rings is 1. The van der Waals surface area contributed by atoms with Crippen molar-refractivity contribution < 1.29 is 9.32 Å². The van der Waals surface area contributed by atoms with Crippen LogP contribution in [-0.4, -0.2) is 36.7 Å². The largest absolute Gasteiger partial charge is 0.361 e. The van der Waals surface area contributed by atoms with Crippen molar-refractivity contribution in [3.8, 4) is 0 Å². The van der Waals surface area contributed by atoms with Crippen molar-refractivity contribution in [1.29, 1.82) is 0 Å². The van der Waals surface area contributed by atoms with Crippen LogP contribution in [0.4, 0.5) is 0 Å². The number of aromatic nitrogens is 4. The van der Waals surface area contributed by atoms with Gasteiger partial charge in [0.25, 0.3) is 5.91 Å². The average molecular weight is 313 g/mol. The Bertz CT molecular complexity index is 868. The summed E-state index contributed by atoms with van der Waals surface area (Å²) in [6, 6.07) is 0.0315. The van der Waals surface area contributed by atoms with Crippen molar-refractivity contribution in [2.45, 2.75) is 32.7 Å². The molecule has 1 fully saturated rings. The lowest BCUT2D eigenvalue weighted by Crippen LogP contribution is -2.31. The van der Waals surface area contributed by atoms with Gasteiger partial charge in [-0.25, -0.2) is 4.52 Å². The minimum absolute atomic E-state index is 0.0179. The summed E-state index contributed by atoms with van der Waals surface area (Å²) in [5.74, 6) is 0.815. The van der Waals surface area contributed by atoms with Crippen molar-refractivity contribution in [3.05, 3.63) is 41.2 Å². The summed E-state index contributed by atoms with van der Waals surface area (Å²) < 4.78 is 8.94. The number of fused-ring (bicyclic) bond motifs is 1. The second-order valence-electron chi connectivity index (χ2n) is 6.13. The van der Waals surface area contributed by atoms with Crippen LogP contribution in [0.3, 0.4) is 0 Å². The van der Waals surface area contributed by atoms with Crippen molar-refractivity contribution in [2.75, 3.05) is 6.54 Å². The maximum atomic E-state index is 13.1. The molecule has 4 rings (SSSR count). The minimum Gasteiger partial charge on any atom is -0.361 e. The van der Waals surface area contributed by atoms with Crippen LogP contribution in [0.2, 0.25) is 0 Å². The molecule has 4 heterocycles. The summed E-state index contributed by atoms with van der Waals surface area (Å²) in [5, 5.41) is 8.31. The molecule has 0 saturated carbocycles. The molecule has 0 N–H and O–H groups in total. The van der Waals surface area contributed by atoms with Gasteiger partial charge in [-0.05, 0) is 26.7 Å². The highest BCUT2D eigenvalue weighted by Gasteiger charge is 2.35. The molecule has 120 valence electrons. The Balaban J connectivity index is 1.74. The van der Waals surface area contributed by atoms with Crippen LogP contribution in [0.25, 0.3) is 5.65 Å². The fourth-order valence-electron chi connectivity index (χ4n) is 3.63. The van der Waals surface area contributed by atoms with Gasteiger partial charge in [0.1, 0.15) is 17.0 Å². The van der Waals surface area contributed by atoms with Gasteiger partial charge in [-0.1, -0.05) is 5.16 Å². The van der Waals surface area contributed by atoms with Crippen LogP contribution in [0.15, 0.2) is 23.1 Å². The van der Waals surface area contributed by atoms with Crippen molar-refractivity contribution in [2.24, 2.45) is 7.05 Å². The molecular formula is C16H19N5O2. The number of rotatable bonds is 2. The van der Waals surface area contributed by atoms with Gasteiger partial charge in [0.2, 0.25) is 0 Å². The molecule has 0 radical (unpaired) electrons. The maximum absolute atomic E-state index is 13.1. The van der Waals surface area contributed by atoms with Crippen molar-refractivity contribution in [1.82, 2.24) is 24.2 Å². The molecule has 0 aromatic carbocycles. The predicted molar refractivity (Wildman–Crippen MR) is 83.2 cm³/mol. The van der Waals surface area contributed by atoms with E-state index >= 15 is 0 Å². The van der Waals surface area contributed by atoms with Gasteiger partial charge >= 0.3 is 0 Å². The quantitative estimate of drug-likeness (QED) is 0.727. The fraction of sp³-hybridized carbons (Fsp3) is 0.438. The van der Waals surface area contributed by atoms with E-state index < -0.39 is 0 Å². The monoisotopic (exact) mass is 313 g/mol. The fourth-order valence-corrected chi connectivity index (χ4v) is 3.63. The van der Waals surface area contributed by atoms with E-state index in [9.17, 15) is 4.79 Å². The SMILES string of the molecule is Cc1noc(C)c1[C@H]1CCCN1C(=O)c1cnn2ccn(C)c12. The smallest absolute Gasteiger partial charge is 0.259 e. The van der Waals surface area contributed by atoms with Gasteiger partial charge in [-0.15, -0.1) is 0 Å². The Morgan fingerprint density at radius 3 is 2.91 bits per heavy atom. The third-order valence-electron chi connectivity index (χ3n) is 4.70. The Morgan fingerprint density at radius 1 is 1.35 bits per heavy atom. The van der Waals surface area contributed by atoms with E-state index in [4.69, 9.17) is 4.52 Å². The zero-order valence-corrected chi connectivity index (χ0v) is 13.5. The second-order valence-corrected chi connectivity index (χ2v) is 6.13. The Morgan fingerprint density at radius 2 is 2.17 bits per heavy atom. The number of hydrogen-bond donors (Lipinski definition) is 0. The number of amides is 1. The van der Waals surface area contributed by atoms with E-state index in [1.54, 1.807) is 10.7 Å². The zero-order chi connectivity index (χ0) is 16.1.